The Morgan fingerprint density at radius 3 is 2.54 bits per heavy atom. The Labute approximate surface area is 81.7 Å². The van der Waals surface area contributed by atoms with Crippen molar-refractivity contribution in [2.24, 2.45) is 5.92 Å². The normalized spacial score (nSPS) is 25.2. The monoisotopic (exact) mass is 214 g/mol. The summed E-state index contributed by atoms with van der Waals surface area (Å²) < 4.78 is 25.1. The molecule has 5 heteroatoms. The van der Waals surface area contributed by atoms with Crippen molar-refractivity contribution in [3.63, 3.8) is 0 Å². The van der Waals surface area contributed by atoms with Crippen LogP contribution in [0, 0.1) is 5.92 Å². The van der Waals surface area contributed by atoms with Gasteiger partial charge in [0.1, 0.15) is 0 Å². The third-order valence-electron chi connectivity index (χ3n) is 2.27. The van der Waals surface area contributed by atoms with Crippen LogP contribution in [-0.4, -0.2) is 17.0 Å². The van der Waals surface area contributed by atoms with E-state index in [0.717, 1.165) is 0 Å². The molecular formula is C8H13ClF2O2. The SMILES string of the molecule is Cl.O=C(O)CC[C@@H]1CCC(F)(F)C1. The first-order chi connectivity index (χ1) is 5.49. The first kappa shape index (κ1) is 12.6. The molecule has 1 aliphatic rings. The van der Waals surface area contributed by atoms with Gasteiger partial charge in [0.25, 0.3) is 0 Å². The maximum Gasteiger partial charge on any atom is 0.303 e. The number of alkyl halides is 2. The Bertz CT molecular complexity index is 185. The fraction of sp³-hybridized carbons (Fsp3) is 0.875. The molecule has 1 fully saturated rings. The average Bonchev–Trinajstić information content (AvgIpc) is 2.26. The second-order valence-electron chi connectivity index (χ2n) is 3.40. The Balaban J connectivity index is 0.00000144. The van der Waals surface area contributed by atoms with Gasteiger partial charge in [-0.1, -0.05) is 0 Å². The Morgan fingerprint density at radius 2 is 2.15 bits per heavy atom. The van der Waals surface area contributed by atoms with Crippen LogP contribution in [0.15, 0.2) is 0 Å². The number of carbonyl (C=O) groups is 1. The average molecular weight is 215 g/mol. The van der Waals surface area contributed by atoms with E-state index in [-0.39, 0.29) is 37.6 Å². The number of hydrogen-bond donors (Lipinski definition) is 1. The van der Waals surface area contributed by atoms with E-state index in [2.05, 4.69) is 0 Å². The molecule has 0 aromatic heterocycles. The minimum atomic E-state index is -2.54. The molecular weight excluding hydrogens is 202 g/mol. The third kappa shape index (κ3) is 4.41. The predicted molar refractivity (Wildman–Crippen MR) is 46.4 cm³/mol. The van der Waals surface area contributed by atoms with Crippen LogP contribution in [0.1, 0.15) is 32.1 Å². The summed E-state index contributed by atoms with van der Waals surface area (Å²) in [5, 5.41) is 8.32. The van der Waals surface area contributed by atoms with E-state index in [4.69, 9.17) is 5.11 Å². The molecule has 0 aliphatic heterocycles. The molecule has 1 N–H and O–H groups in total. The lowest BCUT2D eigenvalue weighted by Crippen LogP contribution is -2.10. The zero-order chi connectivity index (χ0) is 9.19. The van der Waals surface area contributed by atoms with Crippen molar-refractivity contribution < 1.29 is 18.7 Å². The second kappa shape index (κ2) is 4.74. The van der Waals surface area contributed by atoms with Gasteiger partial charge in [0.2, 0.25) is 5.92 Å². The second-order valence-corrected chi connectivity index (χ2v) is 3.40. The van der Waals surface area contributed by atoms with Gasteiger partial charge in [-0.3, -0.25) is 4.79 Å². The zero-order valence-electron chi connectivity index (χ0n) is 7.13. The molecule has 1 saturated carbocycles. The van der Waals surface area contributed by atoms with Crippen LogP contribution in [0.2, 0.25) is 0 Å². The van der Waals surface area contributed by atoms with Crippen molar-refractivity contribution in [2.75, 3.05) is 0 Å². The van der Waals surface area contributed by atoms with Gasteiger partial charge in [-0.15, -0.1) is 12.4 Å². The highest BCUT2D eigenvalue weighted by Gasteiger charge is 2.38. The highest BCUT2D eigenvalue weighted by molar-refractivity contribution is 5.85. The quantitative estimate of drug-likeness (QED) is 0.784. The largest absolute Gasteiger partial charge is 0.481 e. The molecule has 0 unspecified atom stereocenters. The van der Waals surface area contributed by atoms with Gasteiger partial charge in [0.05, 0.1) is 0 Å². The molecule has 1 atom stereocenters. The fourth-order valence-corrected chi connectivity index (χ4v) is 1.62. The van der Waals surface area contributed by atoms with E-state index in [0.29, 0.717) is 12.8 Å². The Kier molecular flexibility index (Phi) is 4.61. The van der Waals surface area contributed by atoms with Gasteiger partial charge in [-0.2, -0.15) is 0 Å². The van der Waals surface area contributed by atoms with Crippen LogP contribution in [0.3, 0.4) is 0 Å². The van der Waals surface area contributed by atoms with Crippen LogP contribution in [0.25, 0.3) is 0 Å². The zero-order valence-corrected chi connectivity index (χ0v) is 7.95. The summed E-state index contributed by atoms with van der Waals surface area (Å²) in [5.74, 6) is -3.52. The number of rotatable bonds is 3. The van der Waals surface area contributed by atoms with Crippen molar-refractivity contribution in [2.45, 2.75) is 38.0 Å². The maximum absolute atomic E-state index is 12.6. The van der Waals surface area contributed by atoms with Gasteiger partial charge in [0, 0.05) is 19.3 Å². The molecule has 2 nitrogen and oxygen atoms in total. The molecule has 0 heterocycles. The van der Waals surface area contributed by atoms with Crippen molar-refractivity contribution in [3.05, 3.63) is 0 Å². The number of carboxylic acid groups (broad SMARTS) is 1. The molecule has 0 saturated heterocycles. The van der Waals surface area contributed by atoms with E-state index in [1.165, 1.54) is 0 Å². The van der Waals surface area contributed by atoms with Crippen molar-refractivity contribution in [1.29, 1.82) is 0 Å². The minimum Gasteiger partial charge on any atom is -0.481 e. The van der Waals surface area contributed by atoms with Crippen molar-refractivity contribution >= 4 is 18.4 Å². The lowest BCUT2D eigenvalue weighted by molar-refractivity contribution is -0.137. The Morgan fingerprint density at radius 1 is 1.54 bits per heavy atom. The summed E-state index contributed by atoms with van der Waals surface area (Å²) in [5.41, 5.74) is 0. The molecule has 1 aliphatic carbocycles. The van der Waals surface area contributed by atoms with Crippen LogP contribution in [-0.2, 0) is 4.79 Å². The summed E-state index contributed by atoms with van der Waals surface area (Å²) in [7, 11) is 0. The topological polar surface area (TPSA) is 37.3 Å². The van der Waals surface area contributed by atoms with Gasteiger partial charge in [-0.25, -0.2) is 8.78 Å². The lowest BCUT2D eigenvalue weighted by Gasteiger charge is -2.08. The van der Waals surface area contributed by atoms with Crippen LogP contribution in [0.4, 0.5) is 8.78 Å². The molecule has 0 aromatic rings. The minimum absolute atomic E-state index is 0. The van der Waals surface area contributed by atoms with E-state index in [1.54, 1.807) is 0 Å². The van der Waals surface area contributed by atoms with E-state index < -0.39 is 11.9 Å². The summed E-state index contributed by atoms with van der Waals surface area (Å²) in [6, 6.07) is 0. The number of halogens is 3. The predicted octanol–water partition coefficient (Wildman–Crippen LogP) is 2.71. The molecule has 0 radical (unpaired) electrons. The third-order valence-corrected chi connectivity index (χ3v) is 2.27. The summed E-state index contributed by atoms with van der Waals surface area (Å²) in [6.45, 7) is 0. The number of aliphatic carboxylic acids is 1. The number of carboxylic acids is 1. The van der Waals surface area contributed by atoms with Crippen molar-refractivity contribution in [1.82, 2.24) is 0 Å². The highest BCUT2D eigenvalue weighted by Crippen LogP contribution is 2.40. The van der Waals surface area contributed by atoms with E-state index >= 15 is 0 Å². The molecule has 13 heavy (non-hydrogen) atoms. The number of hydrogen-bond acceptors (Lipinski definition) is 1. The standard InChI is InChI=1S/C8H12F2O2.ClH/c9-8(10)4-3-6(5-8)1-2-7(11)12;/h6H,1-5H2,(H,11,12);1H/t6-;/m1./s1. The lowest BCUT2D eigenvalue weighted by atomic mass is 10.0. The molecule has 78 valence electrons. The van der Waals surface area contributed by atoms with Crippen LogP contribution >= 0.6 is 12.4 Å². The smallest absolute Gasteiger partial charge is 0.303 e. The first-order valence-corrected chi connectivity index (χ1v) is 4.09. The van der Waals surface area contributed by atoms with Crippen LogP contribution < -0.4 is 0 Å². The van der Waals surface area contributed by atoms with E-state index in [9.17, 15) is 13.6 Å². The molecule has 0 amide bonds. The molecule has 0 bridgehead atoms. The van der Waals surface area contributed by atoms with Gasteiger partial charge in [-0.05, 0) is 18.8 Å². The molecule has 0 aromatic carbocycles. The van der Waals surface area contributed by atoms with Gasteiger partial charge < -0.3 is 5.11 Å². The molecule has 0 spiro atoms. The Hall–Kier alpha value is -0.380. The van der Waals surface area contributed by atoms with Gasteiger partial charge >= 0.3 is 5.97 Å². The van der Waals surface area contributed by atoms with Crippen LogP contribution in [0.5, 0.6) is 0 Å². The summed E-state index contributed by atoms with van der Waals surface area (Å²) in [4.78, 5) is 10.1. The van der Waals surface area contributed by atoms with Gasteiger partial charge in [0.15, 0.2) is 0 Å². The van der Waals surface area contributed by atoms with Crippen molar-refractivity contribution in [3.8, 4) is 0 Å². The van der Waals surface area contributed by atoms with E-state index in [1.807, 2.05) is 0 Å². The molecule has 1 rings (SSSR count). The fourth-order valence-electron chi connectivity index (χ4n) is 1.62. The summed E-state index contributed by atoms with van der Waals surface area (Å²) in [6.07, 6.45) is 0.684. The first-order valence-electron chi connectivity index (χ1n) is 4.09. The summed E-state index contributed by atoms with van der Waals surface area (Å²) >= 11 is 0. The highest BCUT2D eigenvalue weighted by atomic mass is 35.5. The maximum atomic E-state index is 12.6.